The van der Waals surface area contributed by atoms with E-state index in [1.54, 1.807) is 23.0 Å². The fraction of sp³-hybridized carbons (Fsp3) is 0.200. The zero-order chi connectivity index (χ0) is 12.1. The van der Waals surface area contributed by atoms with Crippen molar-refractivity contribution < 1.29 is 5.11 Å². The van der Waals surface area contributed by atoms with Crippen molar-refractivity contribution in [1.29, 1.82) is 0 Å². The SMILES string of the molecule is [N-]=[N+]=Nc1ccc(Cn2cc(CO)nn2)cc1. The molecule has 0 radical (unpaired) electrons. The van der Waals surface area contributed by atoms with Crippen molar-refractivity contribution in [3.05, 3.63) is 52.2 Å². The molecule has 2 rings (SSSR count). The molecular formula is C10H10N6O. The highest BCUT2D eigenvalue weighted by Gasteiger charge is 2.00. The van der Waals surface area contributed by atoms with Crippen LogP contribution in [0.15, 0.2) is 35.6 Å². The molecule has 7 heteroatoms. The fourth-order valence-electron chi connectivity index (χ4n) is 1.39. The van der Waals surface area contributed by atoms with E-state index in [1.807, 2.05) is 12.1 Å². The van der Waals surface area contributed by atoms with Gasteiger partial charge in [-0.05, 0) is 11.1 Å². The lowest BCUT2D eigenvalue weighted by atomic mass is 10.2. The summed E-state index contributed by atoms with van der Waals surface area (Å²) >= 11 is 0. The van der Waals surface area contributed by atoms with E-state index in [2.05, 4.69) is 20.3 Å². The van der Waals surface area contributed by atoms with E-state index in [1.165, 1.54) is 0 Å². The zero-order valence-electron chi connectivity index (χ0n) is 8.93. The van der Waals surface area contributed by atoms with Gasteiger partial charge in [0.05, 0.1) is 19.3 Å². The Kier molecular flexibility index (Phi) is 3.34. The number of aliphatic hydroxyl groups is 1. The van der Waals surface area contributed by atoms with Crippen molar-refractivity contribution in [2.75, 3.05) is 0 Å². The molecule has 0 bridgehead atoms. The lowest BCUT2D eigenvalue weighted by molar-refractivity contribution is 0.276. The van der Waals surface area contributed by atoms with Crippen LogP contribution in [0.5, 0.6) is 0 Å². The standard InChI is InChI=1S/C10H10N6O/c11-14-12-9-3-1-8(2-4-9)5-16-6-10(7-17)13-15-16/h1-4,6,17H,5,7H2. The van der Waals surface area contributed by atoms with Crippen LogP contribution in [-0.4, -0.2) is 20.1 Å². The average Bonchev–Trinajstić information content (AvgIpc) is 2.80. The minimum Gasteiger partial charge on any atom is -0.390 e. The molecule has 17 heavy (non-hydrogen) atoms. The second kappa shape index (κ2) is 5.11. The zero-order valence-corrected chi connectivity index (χ0v) is 8.93. The largest absolute Gasteiger partial charge is 0.390 e. The monoisotopic (exact) mass is 230 g/mol. The molecule has 1 N–H and O–H groups in total. The molecule has 0 fully saturated rings. The van der Waals surface area contributed by atoms with Gasteiger partial charge in [0.1, 0.15) is 5.69 Å². The van der Waals surface area contributed by atoms with Crippen LogP contribution in [0.1, 0.15) is 11.3 Å². The number of nitrogens with zero attached hydrogens (tertiary/aromatic N) is 6. The van der Waals surface area contributed by atoms with Gasteiger partial charge in [0.25, 0.3) is 0 Å². The molecule has 1 aromatic heterocycles. The quantitative estimate of drug-likeness (QED) is 0.492. The molecule has 0 spiro atoms. The molecule has 1 heterocycles. The van der Waals surface area contributed by atoms with Crippen LogP contribution in [0, 0.1) is 0 Å². The first-order valence-corrected chi connectivity index (χ1v) is 4.96. The van der Waals surface area contributed by atoms with Gasteiger partial charge in [-0.1, -0.05) is 34.6 Å². The number of hydrogen-bond donors (Lipinski definition) is 1. The molecule has 0 aliphatic carbocycles. The van der Waals surface area contributed by atoms with Crippen LogP contribution >= 0.6 is 0 Å². The van der Waals surface area contributed by atoms with E-state index < -0.39 is 0 Å². The lowest BCUT2D eigenvalue weighted by Crippen LogP contribution is -1.99. The summed E-state index contributed by atoms with van der Waals surface area (Å²) in [5.74, 6) is 0. The first kappa shape index (κ1) is 11.1. The molecule has 0 aliphatic rings. The molecule has 86 valence electrons. The molecule has 1 aromatic carbocycles. The van der Waals surface area contributed by atoms with Gasteiger partial charge in [-0.25, -0.2) is 4.68 Å². The van der Waals surface area contributed by atoms with Crippen molar-refractivity contribution in [2.24, 2.45) is 5.11 Å². The maximum atomic E-state index is 8.85. The van der Waals surface area contributed by atoms with Gasteiger partial charge >= 0.3 is 0 Å². The van der Waals surface area contributed by atoms with Gasteiger partial charge in [0, 0.05) is 10.6 Å². The average molecular weight is 230 g/mol. The van der Waals surface area contributed by atoms with Crippen LogP contribution in [0.3, 0.4) is 0 Å². The second-order valence-electron chi connectivity index (χ2n) is 3.42. The maximum Gasteiger partial charge on any atom is 0.108 e. The summed E-state index contributed by atoms with van der Waals surface area (Å²) in [5, 5.41) is 20.0. The number of aliphatic hydroxyl groups excluding tert-OH is 1. The van der Waals surface area contributed by atoms with E-state index in [0.717, 1.165) is 5.56 Å². The number of aromatic nitrogens is 3. The Labute approximate surface area is 96.9 Å². The predicted octanol–water partition coefficient (Wildman–Crippen LogP) is 1.76. The first-order chi connectivity index (χ1) is 8.31. The van der Waals surface area contributed by atoms with Crippen molar-refractivity contribution in [3.8, 4) is 0 Å². The minimum absolute atomic E-state index is 0.115. The van der Waals surface area contributed by atoms with Crippen molar-refractivity contribution in [3.63, 3.8) is 0 Å². The topological polar surface area (TPSA) is 99.7 Å². The first-order valence-electron chi connectivity index (χ1n) is 4.96. The van der Waals surface area contributed by atoms with Gasteiger partial charge in [-0.2, -0.15) is 0 Å². The highest BCUT2D eigenvalue weighted by atomic mass is 16.3. The number of azide groups is 1. The third kappa shape index (κ3) is 2.81. The molecule has 0 unspecified atom stereocenters. The van der Waals surface area contributed by atoms with Crippen LogP contribution in [-0.2, 0) is 13.2 Å². The Morgan fingerprint density at radius 2 is 2.12 bits per heavy atom. The molecule has 0 atom stereocenters. The predicted molar refractivity (Wildman–Crippen MR) is 60.3 cm³/mol. The highest BCUT2D eigenvalue weighted by molar-refractivity contribution is 5.38. The maximum absolute atomic E-state index is 8.85. The molecule has 0 saturated carbocycles. The summed E-state index contributed by atoms with van der Waals surface area (Å²) in [6.45, 7) is 0.444. The molecule has 0 amide bonds. The Bertz CT molecular complexity index is 540. The molecule has 7 nitrogen and oxygen atoms in total. The number of benzene rings is 1. The van der Waals surface area contributed by atoms with Crippen LogP contribution < -0.4 is 0 Å². The Hall–Kier alpha value is -2.37. The van der Waals surface area contributed by atoms with E-state index in [0.29, 0.717) is 17.9 Å². The van der Waals surface area contributed by atoms with E-state index in [4.69, 9.17) is 10.6 Å². The van der Waals surface area contributed by atoms with E-state index in [9.17, 15) is 0 Å². The van der Waals surface area contributed by atoms with Crippen LogP contribution in [0.4, 0.5) is 5.69 Å². The normalized spacial score (nSPS) is 9.94. The molecule has 0 saturated heterocycles. The number of rotatable bonds is 4. The van der Waals surface area contributed by atoms with Crippen LogP contribution in [0.2, 0.25) is 0 Å². The highest BCUT2D eigenvalue weighted by Crippen LogP contribution is 2.13. The minimum atomic E-state index is -0.115. The summed E-state index contributed by atoms with van der Waals surface area (Å²) in [6.07, 6.45) is 1.68. The van der Waals surface area contributed by atoms with Crippen LogP contribution in [0.25, 0.3) is 10.4 Å². The fourth-order valence-corrected chi connectivity index (χ4v) is 1.39. The summed E-state index contributed by atoms with van der Waals surface area (Å²) in [6, 6.07) is 7.17. The lowest BCUT2D eigenvalue weighted by Gasteiger charge is -2.00. The Balaban J connectivity index is 2.10. The van der Waals surface area contributed by atoms with Gasteiger partial charge in [0.15, 0.2) is 0 Å². The molecule has 0 aliphatic heterocycles. The van der Waals surface area contributed by atoms with Crippen molar-refractivity contribution >= 4 is 5.69 Å². The third-order valence-corrected chi connectivity index (χ3v) is 2.19. The Morgan fingerprint density at radius 1 is 1.35 bits per heavy atom. The summed E-state index contributed by atoms with van der Waals surface area (Å²) in [4.78, 5) is 2.70. The van der Waals surface area contributed by atoms with Gasteiger partial charge in [-0.3, -0.25) is 0 Å². The Morgan fingerprint density at radius 3 is 2.71 bits per heavy atom. The number of hydrogen-bond acceptors (Lipinski definition) is 4. The second-order valence-corrected chi connectivity index (χ2v) is 3.42. The smallest absolute Gasteiger partial charge is 0.108 e. The van der Waals surface area contributed by atoms with Crippen molar-refractivity contribution in [1.82, 2.24) is 15.0 Å². The summed E-state index contributed by atoms with van der Waals surface area (Å²) < 4.78 is 1.63. The van der Waals surface area contributed by atoms with Gasteiger partial charge < -0.3 is 5.11 Å². The molecular weight excluding hydrogens is 220 g/mol. The third-order valence-electron chi connectivity index (χ3n) is 2.19. The van der Waals surface area contributed by atoms with E-state index >= 15 is 0 Å². The van der Waals surface area contributed by atoms with E-state index in [-0.39, 0.29) is 6.61 Å². The van der Waals surface area contributed by atoms with Gasteiger partial charge in [-0.15, -0.1) is 5.10 Å². The summed E-state index contributed by atoms with van der Waals surface area (Å²) in [7, 11) is 0. The molecule has 2 aromatic rings. The van der Waals surface area contributed by atoms with Gasteiger partial charge in [0.2, 0.25) is 0 Å². The summed E-state index contributed by atoms with van der Waals surface area (Å²) in [5.41, 5.74) is 10.4. The van der Waals surface area contributed by atoms with Crippen molar-refractivity contribution in [2.45, 2.75) is 13.2 Å².